The number of aromatic nitrogens is 2. The second-order valence-corrected chi connectivity index (χ2v) is 8.44. The van der Waals surface area contributed by atoms with Gasteiger partial charge in [0.1, 0.15) is 0 Å². The summed E-state index contributed by atoms with van der Waals surface area (Å²) in [5.74, 6) is -0.132. The molecule has 4 rings (SSSR count). The van der Waals surface area contributed by atoms with Crippen molar-refractivity contribution in [3.63, 3.8) is 0 Å². The lowest BCUT2D eigenvalue weighted by molar-refractivity contribution is 0.0930. The number of carbonyl (C=O) groups is 1. The zero-order valence-electron chi connectivity index (χ0n) is 12.2. The molecule has 1 aromatic heterocycles. The molecule has 2 aromatic rings. The SMILES string of the molecule is O=C(NC1CC2CCC1N2)c1nnc(Sc2ccccc2Cl)s1. The molecule has 3 heterocycles. The van der Waals surface area contributed by atoms with Gasteiger partial charge in [0.05, 0.1) is 5.02 Å². The van der Waals surface area contributed by atoms with Crippen LogP contribution in [0.4, 0.5) is 0 Å². The third-order valence-corrected chi connectivity index (χ3v) is 6.74. The zero-order valence-corrected chi connectivity index (χ0v) is 14.5. The molecule has 120 valence electrons. The van der Waals surface area contributed by atoms with Gasteiger partial charge in [0.15, 0.2) is 4.34 Å². The normalized spacial score (nSPS) is 25.7. The number of nitrogens with one attached hydrogen (secondary N) is 2. The second-order valence-electron chi connectivity index (χ2n) is 5.77. The summed E-state index contributed by atoms with van der Waals surface area (Å²) in [4.78, 5) is 13.3. The molecule has 0 spiro atoms. The van der Waals surface area contributed by atoms with Crippen LogP contribution in [-0.2, 0) is 0 Å². The lowest BCUT2D eigenvalue weighted by Crippen LogP contribution is -2.42. The minimum atomic E-state index is -0.132. The fourth-order valence-electron chi connectivity index (χ4n) is 3.18. The van der Waals surface area contributed by atoms with Crippen LogP contribution in [0.1, 0.15) is 29.1 Å². The summed E-state index contributed by atoms with van der Waals surface area (Å²) >= 11 is 8.87. The number of rotatable bonds is 4. The van der Waals surface area contributed by atoms with E-state index in [0.717, 1.165) is 17.7 Å². The first-order chi connectivity index (χ1) is 11.2. The van der Waals surface area contributed by atoms with Crippen molar-refractivity contribution in [2.75, 3.05) is 0 Å². The van der Waals surface area contributed by atoms with Crippen molar-refractivity contribution in [2.24, 2.45) is 0 Å². The van der Waals surface area contributed by atoms with Gasteiger partial charge in [-0.25, -0.2) is 0 Å². The fraction of sp³-hybridized carbons (Fsp3) is 0.400. The summed E-state index contributed by atoms with van der Waals surface area (Å²) in [7, 11) is 0. The van der Waals surface area contributed by atoms with Crippen LogP contribution in [0.3, 0.4) is 0 Å². The molecular formula is C15H15ClN4OS2. The number of benzene rings is 1. The maximum atomic E-state index is 12.3. The van der Waals surface area contributed by atoms with Crippen molar-refractivity contribution in [1.82, 2.24) is 20.8 Å². The van der Waals surface area contributed by atoms with Gasteiger partial charge >= 0.3 is 0 Å². The van der Waals surface area contributed by atoms with Gasteiger partial charge in [-0.3, -0.25) is 4.79 Å². The molecule has 2 saturated heterocycles. The molecule has 0 radical (unpaired) electrons. The zero-order chi connectivity index (χ0) is 15.8. The molecule has 23 heavy (non-hydrogen) atoms. The summed E-state index contributed by atoms with van der Waals surface area (Å²) in [6, 6.07) is 8.75. The van der Waals surface area contributed by atoms with Crippen molar-refractivity contribution < 1.29 is 4.79 Å². The Balaban J connectivity index is 1.41. The predicted molar refractivity (Wildman–Crippen MR) is 91.3 cm³/mol. The van der Waals surface area contributed by atoms with Gasteiger partial charge in [0.2, 0.25) is 5.01 Å². The van der Waals surface area contributed by atoms with Crippen molar-refractivity contribution in [2.45, 2.75) is 46.6 Å². The lowest BCUT2D eigenvalue weighted by atomic mass is 9.95. The van der Waals surface area contributed by atoms with E-state index in [1.165, 1.54) is 29.5 Å². The van der Waals surface area contributed by atoms with Crippen LogP contribution in [0, 0.1) is 0 Å². The number of hydrogen-bond donors (Lipinski definition) is 2. The van der Waals surface area contributed by atoms with Crippen LogP contribution < -0.4 is 10.6 Å². The summed E-state index contributed by atoms with van der Waals surface area (Å²) in [6.45, 7) is 0. The third kappa shape index (κ3) is 3.24. The van der Waals surface area contributed by atoms with E-state index in [-0.39, 0.29) is 11.9 Å². The molecule has 2 aliphatic heterocycles. The van der Waals surface area contributed by atoms with E-state index in [4.69, 9.17) is 11.6 Å². The number of hydrogen-bond acceptors (Lipinski definition) is 6. The van der Waals surface area contributed by atoms with Crippen LogP contribution in [0.5, 0.6) is 0 Å². The monoisotopic (exact) mass is 366 g/mol. The molecule has 3 atom stereocenters. The predicted octanol–water partition coefficient (Wildman–Crippen LogP) is 2.97. The van der Waals surface area contributed by atoms with Crippen molar-refractivity contribution in [3.8, 4) is 0 Å². The Bertz CT molecular complexity index is 738. The molecule has 1 amide bonds. The number of amides is 1. The molecule has 5 nitrogen and oxygen atoms in total. The Morgan fingerprint density at radius 3 is 2.96 bits per heavy atom. The summed E-state index contributed by atoms with van der Waals surface area (Å²) in [5.41, 5.74) is 0. The van der Waals surface area contributed by atoms with Gasteiger partial charge in [-0.15, -0.1) is 10.2 Å². The van der Waals surface area contributed by atoms with E-state index >= 15 is 0 Å². The highest BCUT2D eigenvalue weighted by molar-refractivity contribution is 8.01. The van der Waals surface area contributed by atoms with E-state index in [1.807, 2.05) is 24.3 Å². The van der Waals surface area contributed by atoms with Crippen LogP contribution in [-0.4, -0.2) is 34.2 Å². The highest BCUT2D eigenvalue weighted by Crippen LogP contribution is 2.34. The first-order valence-electron chi connectivity index (χ1n) is 7.52. The van der Waals surface area contributed by atoms with Gasteiger partial charge < -0.3 is 10.6 Å². The van der Waals surface area contributed by atoms with Crippen LogP contribution in [0.25, 0.3) is 0 Å². The van der Waals surface area contributed by atoms with E-state index in [9.17, 15) is 4.79 Å². The Kier molecular flexibility index (Phi) is 4.27. The number of fused-ring (bicyclic) bond motifs is 2. The summed E-state index contributed by atoms with van der Waals surface area (Å²) < 4.78 is 0.717. The molecule has 2 aliphatic rings. The molecule has 2 N–H and O–H groups in total. The Morgan fingerprint density at radius 2 is 2.22 bits per heavy atom. The largest absolute Gasteiger partial charge is 0.346 e. The Hall–Kier alpha value is -1.15. The van der Waals surface area contributed by atoms with E-state index in [2.05, 4.69) is 20.8 Å². The van der Waals surface area contributed by atoms with Crippen molar-refractivity contribution in [3.05, 3.63) is 34.3 Å². The highest BCUT2D eigenvalue weighted by atomic mass is 35.5. The van der Waals surface area contributed by atoms with Crippen molar-refractivity contribution >= 4 is 40.6 Å². The maximum Gasteiger partial charge on any atom is 0.282 e. The second kappa shape index (κ2) is 6.39. The quantitative estimate of drug-likeness (QED) is 0.870. The van der Waals surface area contributed by atoms with E-state index in [1.54, 1.807) is 0 Å². The van der Waals surface area contributed by atoms with E-state index < -0.39 is 0 Å². The maximum absolute atomic E-state index is 12.3. The highest BCUT2D eigenvalue weighted by Gasteiger charge is 2.40. The first-order valence-corrected chi connectivity index (χ1v) is 9.53. The minimum absolute atomic E-state index is 0.132. The van der Waals surface area contributed by atoms with Crippen LogP contribution in [0.15, 0.2) is 33.5 Å². The van der Waals surface area contributed by atoms with Crippen LogP contribution >= 0.6 is 34.7 Å². The molecule has 8 heteroatoms. The molecular weight excluding hydrogens is 352 g/mol. The fourth-order valence-corrected chi connectivity index (χ4v) is 5.16. The van der Waals surface area contributed by atoms with Gasteiger partial charge in [0, 0.05) is 23.0 Å². The summed E-state index contributed by atoms with van der Waals surface area (Å²) in [6.07, 6.45) is 3.37. The van der Waals surface area contributed by atoms with Gasteiger partial charge in [0.25, 0.3) is 5.91 Å². The number of halogens is 1. The molecule has 2 bridgehead atoms. The smallest absolute Gasteiger partial charge is 0.282 e. The van der Waals surface area contributed by atoms with Crippen molar-refractivity contribution in [1.29, 1.82) is 0 Å². The lowest BCUT2D eigenvalue weighted by Gasteiger charge is -2.20. The average Bonchev–Trinajstić information content (AvgIpc) is 3.26. The van der Waals surface area contributed by atoms with Gasteiger partial charge in [-0.05, 0) is 31.4 Å². The molecule has 3 unspecified atom stereocenters. The number of nitrogens with zero attached hydrogens (tertiary/aromatic N) is 2. The standard InChI is InChI=1S/C15H15ClN4OS2/c16-9-3-1-2-4-12(9)22-15-20-19-14(23-15)13(21)18-11-7-8-5-6-10(11)17-8/h1-4,8,10-11,17H,5-7H2,(H,18,21). The first kappa shape index (κ1) is 15.4. The number of carbonyl (C=O) groups excluding carboxylic acids is 1. The third-order valence-electron chi connectivity index (χ3n) is 4.25. The van der Waals surface area contributed by atoms with E-state index in [0.29, 0.717) is 26.5 Å². The summed E-state index contributed by atoms with van der Waals surface area (Å²) in [5, 5.41) is 15.8. The average molecular weight is 367 g/mol. The van der Waals surface area contributed by atoms with Gasteiger partial charge in [-0.2, -0.15) is 0 Å². The molecule has 1 aromatic carbocycles. The minimum Gasteiger partial charge on any atom is -0.346 e. The molecule has 2 fully saturated rings. The van der Waals surface area contributed by atoms with Crippen LogP contribution in [0.2, 0.25) is 5.02 Å². The molecule has 0 saturated carbocycles. The molecule has 0 aliphatic carbocycles. The van der Waals surface area contributed by atoms with Gasteiger partial charge in [-0.1, -0.05) is 46.8 Å². The topological polar surface area (TPSA) is 66.9 Å². The Morgan fingerprint density at radius 1 is 1.35 bits per heavy atom. The Labute approximate surface area is 147 Å².